The molecule has 2 saturated heterocycles. The third-order valence-electron chi connectivity index (χ3n) is 2.76. The van der Waals surface area contributed by atoms with Crippen LogP contribution in [0.25, 0.3) is 0 Å². The second-order valence-corrected chi connectivity index (χ2v) is 3.74. The summed E-state index contributed by atoms with van der Waals surface area (Å²) in [6, 6.07) is 0. The van der Waals surface area contributed by atoms with E-state index in [-0.39, 0.29) is 18.2 Å². The van der Waals surface area contributed by atoms with Crippen molar-refractivity contribution in [2.45, 2.75) is 32.0 Å². The average molecular weight is 184 g/mol. The number of ether oxygens (including phenoxy) is 1. The van der Waals surface area contributed by atoms with Crippen molar-refractivity contribution in [2.24, 2.45) is 0 Å². The van der Waals surface area contributed by atoms with Gasteiger partial charge >= 0.3 is 0 Å². The van der Waals surface area contributed by atoms with Crippen molar-refractivity contribution in [1.29, 1.82) is 0 Å². The summed E-state index contributed by atoms with van der Waals surface area (Å²) in [7, 11) is 0. The van der Waals surface area contributed by atoms with Gasteiger partial charge in [0.1, 0.15) is 0 Å². The van der Waals surface area contributed by atoms with Gasteiger partial charge in [0.05, 0.1) is 18.8 Å². The predicted molar refractivity (Wildman–Crippen MR) is 48.2 cm³/mol. The van der Waals surface area contributed by atoms with Gasteiger partial charge in [-0.1, -0.05) is 0 Å². The standard InChI is InChI=1S/C9H16N2O2/c1-7-10-5-9(12)11(7)6-8-3-2-4-13-8/h7-8,10H,2-6H2,1H3. The monoisotopic (exact) mass is 184 g/mol. The molecule has 2 aliphatic heterocycles. The van der Waals surface area contributed by atoms with E-state index >= 15 is 0 Å². The molecule has 4 nitrogen and oxygen atoms in total. The zero-order chi connectivity index (χ0) is 9.26. The second-order valence-electron chi connectivity index (χ2n) is 3.74. The Morgan fingerprint density at radius 1 is 1.69 bits per heavy atom. The van der Waals surface area contributed by atoms with Crippen LogP contribution in [0.1, 0.15) is 19.8 Å². The van der Waals surface area contributed by atoms with Gasteiger partial charge in [0, 0.05) is 13.2 Å². The van der Waals surface area contributed by atoms with Crippen molar-refractivity contribution < 1.29 is 9.53 Å². The third kappa shape index (κ3) is 1.84. The minimum Gasteiger partial charge on any atom is -0.376 e. The SMILES string of the molecule is CC1NCC(=O)N1CC1CCCO1. The molecule has 2 unspecified atom stereocenters. The van der Waals surface area contributed by atoms with Crippen LogP contribution in [0.4, 0.5) is 0 Å². The van der Waals surface area contributed by atoms with Crippen molar-refractivity contribution in [3.63, 3.8) is 0 Å². The fourth-order valence-electron chi connectivity index (χ4n) is 1.93. The third-order valence-corrected chi connectivity index (χ3v) is 2.76. The fourth-order valence-corrected chi connectivity index (χ4v) is 1.93. The minimum atomic E-state index is 0.178. The Bertz CT molecular complexity index is 202. The van der Waals surface area contributed by atoms with E-state index in [0.29, 0.717) is 6.54 Å². The van der Waals surface area contributed by atoms with E-state index in [1.54, 1.807) is 0 Å². The summed E-state index contributed by atoms with van der Waals surface area (Å²) in [5, 5.41) is 3.11. The number of hydrogen-bond donors (Lipinski definition) is 1. The lowest BCUT2D eigenvalue weighted by molar-refractivity contribution is -0.129. The maximum Gasteiger partial charge on any atom is 0.237 e. The summed E-state index contributed by atoms with van der Waals surface area (Å²) < 4.78 is 5.49. The Kier molecular flexibility index (Phi) is 2.51. The highest BCUT2D eigenvalue weighted by Crippen LogP contribution is 2.15. The van der Waals surface area contributed by atoms with E-state index in [1.807, 2.05) is 11.8 Å². The molecule has 2 fully saturated rings. The molecule has 0 aromatic rings. The lowest BCUT2D eigenvalue weighted by atomic mass is 10.2. The first-order valence-electron chi connectivity index (χ1n) is 4.92. The van der Waals surface area contributed by atoms with Gasteiger partial charge in [-0.25, -0.2) is 0 Å². The molecule has 2 aliphatic rings. The van der Waals surface area contributed by atoms with E-state index in [1.165, 1.54) is 0 Å². The highest BCUT2D eigenvalue weighted by atomic mass is 16.5. The molecule has 0 spiro atoms. The van der Waals surface area contributed by atoms with Crippen molar-refractivity contribution in [2.75, 3.05) is 19.7 Å². The number of nitrogens with zero attached hydrogens (tertiary/aromatic N) is 1. The van der Waals surface area contributed by atoms with E-state index in [0.717, 1.165) is 26.0 Å². The topological polar surface area (TPSA) is 41.6 Å². The summed E-state index contributed by atoms with van der Waals surface area (Å²) in [5.41, 5.74) is 0. The lowest BCUT2D eigenvalue weighted by Crippen LogP contribution is -2.40. The van der Waals surface area contributed by atoms with Crippen LogP contribution >= 0.6 is 0 Å². The summed E-state index contributed by atoms with van der Waals surface area (Å²) >= 11 is 0. The zero-order valence-corrected chi connectivity index (χ0v) is 7.95. The molecule has 2 rings (SSSR count). The van der Waals surface area contributed by atoms with Crippen LogP contribution in [0, 0.1) is 0 Å². The van der Waals surface area contributed by atoms with Gasteiger partial charge in [-0.2, -0.15) is 0 Å². The molecule has 0 aromatic heterocycles. The first-order chi connectivity index (χ1) is 6.27. The minimum absolute atomic E-state index is 0.178. The Balaban J connectivity index is 1.88. The van der Waals surface area contributed by atoms with Crippen molar-refractivity contribution >= 4 is 5.91 Å². The molecule has 2 heterocycles. The van der Waals surface area contributed by atoms with Crippen LogP contribution in [0.3, 0.4) is 0 Å². The van der Waals surface area contributed by atoms with Crippen LogP contribution < -0.4 is 5.32 Å². The largest absolute Gasteiger partial charge is 0.376 e. The van der Waals surface area contributed by atoms with Gasteiger partial charge in [0.25, 0.3) is 0 Å². The van der Waals surface area contributed by atoms with Crippen molar-refractivity contribution in [3.05, 3.63) is 0 Å². The Hall–Kier alpha value is -0.610. The van der Waals surface area contributed by atoms with Crippen LogP contribution in [0.2, 0.25) is 0 Å². The summed E-state index contributed by atoms with van der Waals surface area (Å²) in [6.07, 6.45) is 2.67. The molecule has 0 saturated carbocycles. The molecule has 1 amide bonds. The van der Waals surface area contributed by atoms with Crippen LogP contribution in [0.5, 0.6) is 0 Å². The normalized spacial score (nSPS) is 34.5. The average Bonchev–Trinajstić information content (AvgIpc) is 2.70. The molecule has 2 atom stereocenters. The first-order valence-corrected chi connectivity index (χ1v) is 4.92. The number of carbonyl (C=O) groups excluding carboxylic acids is 1. The summed E-state index contributed by atoms with van der Waals surface area (Å²) in [6.45, 7) is 4.11. The van der Waals surface area contributed by atoms with Gasteiger partial charge in [0.2, 0.25) is 5.91 Å². The highest BCUT2D eigenvalue weighted by Gasteiger charge is 2.30. The quantitative estimate of drug-likeness (QED) is 0.654. The lowest BCUT2D eigenvalue weighted by Gasteiger charge is -2.23. The molecule has 1 N–H and O–H groups in total. The van der Waals surface area contributed by atoms with E-state index in [2.05, 4.69) is 5.32 Å². The van der Waals surface area contributed by atoms with E-state index in [4.69, 9.17) is 4.74 Å². The molecule has 74 valence electrons. The molecule has 0 aliphatic carbocycles. The van der Waals surface area contributed by atoms with E-state index in [9.17, 15) is 4.79 Å². The Morgan fingerprint density at radius 2 is 2.54 bits per heavy atom. The number of hydrogen-bond acceptors (Lipinski definition) is 3. The van der Waals surface area contributed by atoms with Crippen LogP contribution in [0.15, 0.2) is 0 Å². The molecule has 4 heteroatoms. The molecule has 13 heavy (non-hydrogen) atoms. The molecule has 0 radical (unpaired) electrons. The first kappa shape index (κ1) is 8.97. The number of carbonyl (C=O) groups is 1. The number of amides is 1. The smallest absolute Gasteiger partial charge is 0.237 e. The number of rotatable bonds is 2. The Labute approximate surface area is 78.2 Å². The molecular weight excluding hydrogens is 168 g/mol. The molecular formula is C9H16N2O2. The van der Waals surface area contributed by atoms with Gasteiger partial charge in [-0.05, 0) is 19.8 Å². The van der Waals surface area contributed by atoms with Gasteiger partial charge < -0.3 is 9.64 Å². The zero-order valence-electron chi connectivity index (χ0n) is 7.95. The fraction of sp³-hybridized carbons (Fsp3) is 0.889. The second kappa shape index (κ2) is 3.64. The maximum absolute atomic E-state index is 11.4. The summed E-state index contributed by atoms with van der Waals surface area (Å²) in [4.78, 5) is 13.3. The maximum atomic E-state index is 11.4. The van der Waals surface area contributed by atoms with Crippen LogP contribution in [-0.4, -0.2) is 42.8 Å². The molecule has 0 bridgehead atoms. The Morgan fingerprint density at radius 3 is 3.08 bits per heavy atom. The van der Waals surface area contributed by atoms with Crippen LogP contribution in [-0.2, 0) is 9.53 Å². The summed E-state index contributed by atoms with van der Waals surface area (Å²) in [5.74, 6) is 0.197. The highest BCUT2D eigenvalue weighted by molar-refractivity contribution is 5.80. The van der Waals surface area contributed by atoms with Gasteiger partial charge in [0.15, 0.2) is 0 Å². The number of nitrogens with one attached hydrogen (secondary N) is 1. The molecule has 0 aromatic carbocycles. The van der Waals surface area contributed by atoms with E-state index < -0.39 is 0 Å². The van der Waals surface area contributed by atoms with Crippen molar-refractivity contribution in [1.82, 2.24) is 10.2 Å². The van der Waals surface area contributed by atoms with Gasteiger partial charge in [-0.15, -0.1) is 0 Å². The van der Waals surface area contributed by atoms with Gasteiger partial charge in [-0.3, -0.25) is 10.1 Å². The predicted octanol–water partition coefficient (Wildman–Crippen LogP) is -0.0568. The van der Waals surface area contributed by atoms with Crippen molar-refractivity contribution in [3.8, 4) is 0 Å².